The minimum absolute atomic E-state index is 0.0396. The van der Waals surface area contributed by atoms with Crippen molar-refractivity contribution in [3.63, 3.8) is 0 Å². The van der Waals surface area contributed by atoms with Gasteiger partial charge in [-0.05, 0) is 42.5 Å². The summed E-state index contributed by atoms with van der Waals surface area (Å²) in [5, 5.41) is 2.99. The number of ether oxygens (including phenoxy) is 1. The molecule has 3 N–H and O–H groups in total. The van der Waals surface area contributed by atoms with E-state index in [4.69, 9.17) is 10.5 Å². The van der Waals surface area contributed by atoms with E-state index in [2.05, 4.69) is 5.32 Å². The summed E-state index contributed by atoms with van der Waals surface area (Å²) in [5.74, 6) is -0.244. The Morgan fingerprint density at radius 2 is 1.86 bits per heavy atom. The summed E-state index contributed by atoms with van der Waals surface area (Å²) >= 11 is 0. The molecule has 0 unspecified atom stereocenters. The number of hydrogen-bond donors (Lipinski definition) is 2. The first kappa shape index (κ1) is 18.5. The van der Waals surface area contributed by atoms with Gasteiger partial charge in [0, 0.05) is 24.3 Å². The minimum Gasteiger partial charge on any atom is -0.445 e. The SMILES string of the molecule is NCc1cccc(NC(=O)[C@@H]2C[C@@H]3CC[C@H]2N3C(=O)OCc2ccccc2)c1. The van der Waals surface area contributed by atoms with Gasteiger partial charge in [0.2, 0.25) is 5.91 Å². The molecule has 2 aliphatic heterocycles. The van der Waals surface area contributed by atoms with Crippen molar-refractivity contribution in [2.75, 3.05) is 5.32 Å². The van der Waals surface area contributed by atoms with Crippen LogP contribution in [0.3, 0.4) is 0 Å². The molecule has 0 aliphatic carbocycles. The second kappa shape index (κ2) is 8.02. The van der Waals surface area contributed by atoms with Crippen LogP contribution >= 0.6 is 0 Å². The van der Waals surface area contributed by atoms with E-state index in [1.54, 1.807) is 4.90 Å². The van der Waals surface area contributed by atoms with Gasteiger partial charge >= 0.3 is 6.09 Å². The molecule has 28 heavy (non-hydrogen) atoms. The van der Waals surface area contributed by atoms with E-state index in [-0.39, 0.29) is 36.6 Å². The van der Waals surface area contributed by atoms with E-state index in [1.807, 2.05) is 54.6 Å². The Morgan fingerprint density at radius 1 is 1.07 bits per heavy atom. The molecule has 0 radical (unpaired) electrons. The van der Waals surface area contributed by atoms with Gasteiger partial charge in [0.15, 0.2) is 0 Å². The molecule has 0 aromatic heterocycles. The normalized spacial score (nSPS) is 22.9. The second-order valence-electron chi connectivity index (χ2n) is 7.48. The third-order valence-corrected chi connectivity index (χ3v) is 5.72. The van der Waals surface area contributed by atoms with Gasteiger partial charge in [-0.1, -0.05) is 42.5 Å². The summed E-state index contributed by atoms with van der Waals surface area (Å²) in [5.41, 5.74) is 8.34. The lowest BCUT2D eigenvalue weighted by molar-refractivity contribution is -0.120. The van der Waals surface area contributed by atoms with Gasteiger partial charge in [-0.3, -0.25) is 4.79 Å². The van der Waals surface area contributed by atoms with Crippen LogP contribution < -0.4 is 11.1 Å². The highest BCUT2D eigenvalue weighted by molar-refractivity contribution is 5.94. The highest BCUT2D eigenvalue weighted by Gasteiger charge is 2.51. The van der Waals surface area contributed by atoms with Crippen molar-refractivity contribution in [1.29, 1.82) is 0 Å². The van der Waals surface area contributed by atoms with Crippen LogP contribution in [0.2, 0.25) is 0 Å². The van der Waals surface area contributed by atoms with Crippen molar-refractivity contribution in [2.24, 2.45) is 11.7 Å². The Bertz CT molecular complexity index is 855. The van der Waals surface area contributed by atoms with Crippen molar-refractivity contribution in [3.8, 4) is 0 Å². The fourth-order valence-electron chi connectivity index (χ4n) is 4.36. The van der Waals surface area contributed by atoms with Crippen LogP contribution in [0.15, 0.2) is 54.6 Å². The lowest BCUT2D eigenvalue weighted by Gasteiger charge is -2.23. The highest BCUT2D eigenvalue weighted by Crippen LogP contribution is 2.42. The fourth-order valence-corrected chi connectivity index (χ4v) is 4.36. The van der Waals surface area contributed by atoms with Gasteiger partial charge in [-0.15, -0.1) is 0 Å². The van der Waals surface area contributed by atoms with Crippen molar-refractivity contribution in [2.45, 2.75) is 44.5 Å². The topological polar surface area (TPSA) is 84.7 Å². The molecular formula is C22H25N3O3. The van der Waals surface area contributed by atoms with Crippen LogP contribution in [-0.2, 0) is 22.7 Å². The number of fused-ring (bicyclic) bond motifs is 2. The highest BCUT2D eigenvalue weighted by atomic mass is 16.6. The molecule has 2 aromatic rings. The van der Waals surface area contributed by atoms with Crippen molar-refractivity contribution < 1.29 is 14.3 Å². The molecule has 6 heteroatoms. The van der Waals surface area contributed by atoms with Crippen LogP contribution in [0.5, 0.6) is 0 Å². The van der Waals surface area contributed by atoms with Crippen LogP contribution in [0, 0.1) is 5.92 Å². The minimum atomic E-state index is -0.322. The summed E-state index contributed by atoms with van der Waals surface area (Å²) < 4.78 is 5.51. The van der Waals surface area contributed by atoms with Crippen LogP contribution in [0.1, 0.15) is 30.4 Å². The summed E-state index contributed by atoms with van der Waals surface area (Å²) in [6, 6.07) is 17.2. The van der Waals surface area contributed by atoms with Gasteiger partial charge in [-0.25, -0.2) is 4.79 Å². The lowest BCUT2D eigenvalue weighted by atomic mass is 9.88. The number of anilines is 1. The van der Waals surface area contributed by atoms with E-state index in [0.29, 0.717) is 13.0 Å². The average molecular weight is 379 g/mol. The fraction of sp³-hybridized carbons (Fsp3) is 0.364. The van der Waals surface area contributed by atoms with Crippen molar-refractivity contribution in [3.05, 3.63) is 65.7 Å². The number of nitrogens with zero attached hydrogens (tertiary/aromatic N) is 1. The zero-order valence-electron chi connectivity index (χ0n) is 15.7. The summed E-state index contributed by atoms with van der Waals surface area (Å²) in [4.78, 5) is 27.3. The van der Waals surface area contributed by atoms with E-state index in [9.17, 15) is 9.59 Å². The number of nitrogens with two attached hydrogens (primary N) is 1. The third kappa shape index (κ3) is 3.73. The van der Waals surface area contributed by atoms with Gasteiger partial charge in [0.1, 0.15) is 6.61 Å². The summed E-state index contributed by atoms with van der Waals surface area (Å²) in [7, 11) is 0. The molecule has 2 aliphatic rings. The molecule has 6 nitrogen and oxygen atoms in total. The van der Waals surface area contributed by atoms with Gasteiger partial charge < -0.3 is 20.7 Å². The van der Waals surface area contributed by atoms with Gasteiger partial charge in [-0.2, -0.15) is 0 Å². The third-order valence-electron chi connectivity index (χ3n) is 5.72. The molecule has 2 fully saturated rings. The number of amides is 2. The van der Waals surface area contributed by atoms with Crippen LogP contribution in [0.4, 0.5) is 10.5 Å². The first-order valence-electron chi connectivity index (χ1n) is 9.74. The largest absolute Gasteiger partial charge is 0.445 e. The second-order valence-corrected chi connectivity index (χ2v) is 7.48. The monoisotopic (exact) mass is 379 g/mol. The zero-order chi connectivity index (χ0) is 19.5. The molecule has 2 amide bonds. The van der Waals surface area contributed by atoms with Crippen LogP contribution in [0.25, 0.3) is 0 Å². The first-order chi connectivity index (χ1) is 13.7. The molecule has 0 saturated carbocycles. The predicted octanol–water partition coefficient (Wildman–Crippen LogP) is 3.27. The predicted molar refractivity (Wildman–Crippen MR) is 106 cm³/mol. The number of nitrogens with one attached hydrogen (secondary N) is 1. The molecule has 2 saturated heterocycles. The Labute approximate surface area is 164 Å². The van der Waals surface area contributed by atoms with Crippen molar-refractivity contribution in [1.82, 2.24) is 4.90 Å². The average Bonchev–Trinajstić information content (AvgIpc) is 3.31. The van der Waals surface area contributed by atoms with Crippen LogP contribution in [-0.4, -0.2) is 29.0 Å². The first-order valence-corrected chi connectivity index (χ1v) is 9.74. The lowest BCUT2D eigenvalue weighted by Crippen LogP contribution is -2.39. The number of carbonyl (C=O) groups is 2. The number of benzene rings is 2. The Hall–Kier alpha value is -2.86. The van der Waals surface area contributed by atoms with E-state index in [0.717, 1.165) is 29.7 Å². The van der Waals surface area contributed by atoms with E-state index < -0.39 is 0 Å². The molecule has 3 atom stereocenters. The maximum atomic E-state index is 12.8. The number of carbonyl (C=O) groups excluding carboxylic acids is 2. The number of hydrogen-bond acceptors (Lipinski definition) is 4. The molecule has 146 valence electrons. The summed E-state index contributed by atoms with van der Waals surface area (Å²) in [6.07, 6.45) is 2.13. The standard InChI is InChI=1S/C22H25N3O3/c23-13-16-7-4-8-17(11-16)24-21(26)19-12-18-9-10-20(19)25(18)22(27)28-14-15-5-2-1-3-6-15/h1-8,11,18-20H,9-10,12-14,23H2,(H,24,26)/t18-,19+,20+/m0/s1. The maximum Gasteiger partial charge on any atom is 0.410 e. The molecule has 2 heterocycles. The van der Waals surface area contributed by atoms with Gasteiger partial charge in [0.25, 0.3) is 0 Å². The molecule has 2 aromatic carbocycles. The maximum absolute atomic E-state index is 12.8. The molecular weight excluding hydrogens is 354 g/mol. The summed E-state index contributed by atoms with van der Waals surface area (Å²) in [6.45, 7) is 0.678. The van der Waals surface area contributed by atoms with Crippen molar-refractivity contribution >= 4 is 17.7 Å². The quantitative estimate of drug-likeness (QED) is 0.835. The molecule has 2 bridgehead atoms. The Balaban J connectivity index is 1.38. The number of rotatable bonds is 5. The smallest absolute Gasteiger partial charge is 0.410 e. The zero-order valence-corrected chi connectivity index (χ0v) is 15.7. The molecule has 4 rings (SSSR count). The van der Waals surface area contributed by atoms with E-state index in [1.165, 1.54) is 0 Å². The van der Waals surface area contributed by atoms with Gasteiger partial charge in [0.05, 0.1) is 5.92 Å². The Morgan fingerprint density at radius 3 is 2.64 bits per heavy atom. The Kier molecular flexibility index (Phi) is 5.30. The molecule has 0 spiro atoms. The van der Waals surface area contributed by atoms with E-state index >= 15 is 0 Å².